The Morgan fingerprint density at radius 2 is 1.89 bits per heavy atom. The molecule has 1 aromatic rings. The zero-order valence-electron chi connectivity index (χ0n) is 9.14. The number of benzene rings is 1. The Morgan fingerprint density at radius 3 is 2.50 bits per heavy atom. The summed E-state index contributed by atoms with van der Waals surface area (Å²) < 4.78 is 0. The maximum atomic E-state index is 12.0. The molecule has 0 bridgehead atoms. The average Bonchev–Trinajstić information content (AvgIpc) is 2.30. The fraction of sp³-hybridized carbons (Fsp3) is 0.182. The van der Waals surface area contributed by atoms with Gasteiger partial charge in [0.05, 0.1) is 5.56 Å². The van der Waals surface area contributed by atoms with Crippen LogP contribution in [0.2, 0.25) is 5.02 Å². The fourth-order valence-electron chi connectivity index (χ4n) is 1.63. The maximum absolute atomic E-state index is 12.0. The van der Waals surface area contributed by atoms with Gasteiger partial charge in [0.25, 0.3) is 5.91 Å². The van der Waals surface area contributed by atoms with Crippen molar-refractivity contribution in [3.05, 3.63) is 28.8 Å². The van der Waals surface area contributed by atoms with Crippen molar-refractivity contribution in [2.75, 3.05) is 13.1 Å². The molecule has 0 saturated carbocycles. The maximum Gasteiger partial charge on any atom is 0.258 e. The summed E-state index contributed by atoms with van der Waals surface area (Å²) in [6, 6.07) is 4.00. The van der Waals surface area contributed by atoms with Gasteiger partial charge in [-0.05, 0) is 18.2 Å². The molecule has 0 aromatic heterocycles. The number of hydrogen-bond acceptors (Lipinski definition) is 4. The highest BCUT2D eigenvalue weighted by Gasteiger charge is 2.28. The van der Waals surface area contributed by atoms with E-state index in [1.54, 1.807) is 0 Å². The smallest absolute Gasteiger partial charge is 0.258 e. The van der Waals surface area contributed by atoms with Crippen LogP contribution >= 0.6 is 11.6 Å². The van der Waals surface area contributed by atoms with Gasteiger partial charge in [0.1, 0.15) is 18.8 Å². The van der Waals surface area contributed by atoms with Gasteiger partial charge >= 0.3 is 0 Å². The molecule has 0 spiro atoms. The predicted molar refractivity (Wildman–Crippen MR) is 62.2 cm³/mol. The number of aromatic hydroxyl groups is 1. The highest BCUT2D eigenvalue weighted by atomic mass is 35.5. The molecule has 1 fully saturated rings. The van der Waals surface area contributed by atoms with Gasteiger partial charge in [-0.3, -0.25) is 19.7 Å². The molecule has 7 heteroatoms. The lowest BCUT2D eigenvalue weighted by molar-refractivity contribution is -0.135. The van der Waals surface area contributed by atoms with Crippen molar-refractivity contribution in [1.82, 2.24) is 10.2 Å². The Balaban J connectivity index is 2.28. The Kier molecular flexibility index (Phi) is 3.20. The first-order valence-electron chi connectivity index (χ1n) is 5.08. The van der Waals surface area contributed by atoms with E-state index in [1.165, 1.54) is 18.2 Å². The van der Waals surface area contributed by atoms with Crippen LogP contribution in [-0.4, -0.2) is 40.8 Å². The van der Waals surface area contributed by atoms with Crippen molar-refractivity contribution < 1.29 is 19.5 Å². The summed E-state index contributed by atoms with van der Waals surface area (Å²) in [7, 11) is 0. The van der Waals surface area contributed by atoms with E-state index in [0.29, 0.717) is 0 Å². The minimum absolute atomic E-state index is 0.0370. The van der Waals surface area contributed by atoms with Crippen molar-refractivity contribution in [3.63, 3.8) is 0 Å². The third-order valence-corrected chi connectivity index (χ3v) is 2.66. The second-order valence-corrected chi connectivity index (χ2v) is 4.23. The summed E-state index contributed by atoms with van der Waals surface area (Å²) in [5.41, 5.74) is -0.0370. The number of rotatable bonds is 1. The lowest BCUT2D eigenvalue weighted by atomic mass is 10.1. The van der Waals surface area contributed by atoms with Gasteiger partial charge in [-0.2, -0.15) is 0 Å². The zero-order chi connectivity index (χ0) is 13.3. The monoisotopic (exact) mass is 268 g/mol. The Labute approximate surface area is 107 Å². The van der Waals surface area contributed by atoms with Crippen LogP contribution in [-0.2, 0) is 9.59 Å². The summed E-state index contributed by atoms with van der Waals surface area (Å²) in [6.07, 6.45) is 0. The number of carbonyl (C=O) groups is 3. The predicted octanol–water partition coefficient (Wildman–Crippen LogP) is 0.144. The molecule has 3 amide bonds. The van der Waals surface area contributed by atoms with Crippen LogP contribution < -0.4 is 5.32 Å². The normalized spacial score (nSPS) is 15.5. The van der Waals surface area contributed by atoms with Crippen LogP contribution in [0.25, 0.3) is 0 Å². The van der Waals surface area contributed by atoms with E-state index >= 15 is 0 Å². The number of amides is 3. The molecule has 0 radical (unpaired) electrons. The first-order valence-corrected chi connectivity index (χ1v) is 5.45. The molecular formula is C11H9ClN2O4. The number of piperazine rings is 1. The topological polar surface area (TPSA) is 86.7 Å². The van der Waals surface area contributed by atoms with Gasteiger partial charge in [-0.15, -0.1) is 0 Å². The number of nitrogens with zero attached hydrogens (tertiary/aromatic N) is 1. The number of imide groups is 1. The summed E-state index contributed by atoms with van der Waals surface area (Å²) >= 11 is 5.73. The van der Waals surface area contributed by atoms with Crippen LogP contribution in [0, 0.1) is 0 Å². The summed E-state index contributed by atoms with van der Waals surface area (Å²) in [5.74, 6) is -1.97. The number of phenolic OH excluding ortho intramolecular Hbond substituents is 1. The summed E-state index contributed by atoms with van der Waals surface area (Å²) in [5, 5.41) is 11.9. The molecule has 18 heavy (non-hydrogen) atoms. The molecule has 1 heterocycles. The van der Waals surface area contributed by atoms with E-state index in [1.807, 2.05) is 0 Å². The SMILES string of the molecule is O=C1CN(C(=O)c2cc(Cl)ccc2O)CC(=O)N1. The highest BCUT2D eigenvalue weighted by molar-refractivity contribution is 6.31. The van der Waals surface area contributed by atoms with Crippen LogP contribution in [0.15, 0.2) is 18.2 Å². The first-order chi connectivity index (χ1) is 8.47. The number of carbonyl (C=O) groups excluding carboxylic acids is 3. The van der Waals surface area contributed by atoms with E-state index < -0.39 is 17.7 Å². The molecule has 94 valence electrons. The second kappa shape index (κ2) is 4.66. The molecule has 1 aliphatic rings. The number of halogens is 1. The molecule has 1 saturated heterocycles. The Hall–Kier alpha value is -2.08. The van der Waals surface area contributed by atoms with Crippen LogP contribution in [0.5, 0.6) is 5.75 Å². The molecule has 2 N–H and O–H groups in total. The lowest BCUT2D eigenvalue weighted by Crippen LogP contribution is -2.53. The molecular weight excluding hydrogens is 260 g/mol. The largest absolute Gasteiger partial charge is 0.507 e. The third kappa shape index (κ3) is 2.43. The van der Waals surface area contributed by atoms with E-state index in [9.17, 15) is 19.5 Å². The van der Waals surface area contributed by atoms with E-state index in [0.717, 1.165) is 4.90 Å². The molecule has 1 aliphatic heterocycles. The minimum atomic E-state index is -0.613. The molecule has 1 aromatic carbocycles. The van der Waals surface area contributed by atoms with Crippen molar-refractivity contribution in [1.29, 1.82) is 0 Å². The van der Waals surface area contributed by atoms with Gasteiger partial charge in [-0.1, -0.05) is 11.6 Å². The number of nitrogens with one attached hydrogen (secondary N) is 1. The second-order valence-electron chi connectivity index (χ2n) is 3.79. The molecule has 0 unspecified atom stereocenters. The molecule has 0 atom stereocenters. The van der Waals surface area contributed by atoms with Gasteiger partial charge < -0.3 is 10.0 Å². The first kappa shape index (κ1) is 12.4. The van der Waals surface area contributed by atoms with Crippen molar-refractivity contribution in [3.8, 4) is 5.75 Å². The van der Waals surface area contributed by atoms with Crippen molar-refractivity contribution >= 4 is 29.3 Å². The lowest BCUT2D eigenvalue weighted by Gasteiger charge is -2.25. The van der Waals surface area contributed by atoms with E-state index in [4.69, 9.17) is 11.6 Å². The standard InChI is InChI=1S/C11H9ClN2O4/c12-6-1-2-8(15)7(3-6)11(18)14-4-9(16)13-10(17)5-14/h1-3,15H,4-5H2,(H,13,16,17). The molecule has 0 aliphatic carbocycles. The van der Waals surface area contributed by atoms with Gasteiger partial charge in [0.15, 0.2) is 0 Å². The van der Waals surface area contributed by atoms with Gasteiger partial charge in [0.2, 0.25) is 11.8 Å². The van der Waals surface area contributed by atoms with Crippen molar-refractivity contribution in [2.24, 2.45) is 0 Å². The molecule has 6 nitrogen and oxygen atoms in total. The van der Waals surface area contributed by atoms with Crippen LogP contribution in [0.4, 0.5) is 0 Å². The van der Waals surface area contributed by atoms with Crippen LogP contribution in [0.3, 0.4) is 0 Å². The third-order valence-electron chi connectivity index (χ3n) is 2.42. The average molecular weight is 269 g/mol. The van der Waals surface area contributed by atoms with Crippen molar-refractivity contribution in [2.45, 2.75) is 0 Å². The van der Waals surface area contributed by atoms with Gasteiger partial charge in [-0.25, -0.2) is 0 Å². The van der Waals surface area contributed by atoms with E-state index in [2.05, 4.69) is 5.32 Å². The zero-order valence-corrected chi connectivity index (χ0v) is 9.90. The fourth-order valence-corrected chi connectivity index (χ4v) is 1.80. The number of hydrogen-bond donors (Lipinski definition) is 2. The highest BCUT2D eigenvalue weighted by Crippen LogP contribution is 2.23. The Morgan fingerprint density at radius 1 is 1.28 bits per heavy atom. The summed E-state index contributed by atoms with van der Waals surface area (Å²) in [6.45, 7) is -0.451. The summed E-state index contributed by atoms with van der Waals surface area (Å²) in [4.78, 5) is 35.4. The molecule has 2 rings (SSSR count). The van der Waals surface area contributed by atoms with Gasteiger partial charge in [0, 0.05) is 5.02 Å². The number of phenols is 1. The minimum Gasteiger partial charge on any atom is -0.507 e. The van der Waals surface area contributed by atoms with E-state index in [-0.39, 0.29) is 29.4 Å². The van der Waals surface area contributed by atoms with Crippen LogP contribution in [0.1, 0.15) is 10.4 Å². The Bertz CT molecular complexity index is 528. The quantitative estimate of drug-likeness (QED) is 0.710.